The molecule has 2 aromatic rings. The largest absolute Gasteiger partial charge is 0.466 e. The molecule has 0 radical (unpaired) electrons. The van der Waals surface area contributed by atoms with E-state index in [-0.39, 0.29) is 21.0 Å². The van der Waals surface area contributed by atoms with Crippen LogP contribution in [0.25, 0.3) is 5.69 Å². The van der Waals surface area contributed by atoms with Gasteiger partial charge in [-0.05, 0) is 38.2 Å². The van der Waals surface area contributed by atoms with E-state index in [0.29, 0.717) is 4.57 Å². The van der Waals surface area contributed by atoms with Crippen molar-refractivity contribution in [2.24, 2.45) is 19.3 Å². The average molecular weight is 445 g/mol. The summed E-state index contributed by atoms with van der Waals surface area (Å²) < 4.78 is 21.8. The van der Waals surface area contributed by atoms with Crippen molar-refractivity contribution in [1.82, 2.24) is 13.7 Å². The lowest BCUT2D eigenvalue weighted by molar-refractivity contribution is -0.164. The minimum Gasteiger partial charge on any atom is -0.466 e. The second-order valence-electron chi connectivity index (χ2n) is 6.45. The van der Waals surface area contributed by atoms with Gasteiger partial charge in [-0.15, -0.1) is 0 Å². The topological polar surface area (TPSA) is 96.8 Å². The molecule has 0 saturated carbocycles. The molecule has 0 aliphatic rings. The van der Waals surface area contributed by atoms with Crippen molar-refractivity contribution in [3.05, 3.63) is 54.3 Å². The van der Waals surface area contributed by atoms with E-state index in [1.165, 1.54) is 35.1 Å². The number of methoxy groups -OCH3 is 1. The predicted molar refractivity (Wildman–Crippen MR) is 107 cm³/mol. The molecule has 1 aromatic heterocycles. The minimum atomic E-state index is -1.37. The van der Waals surface area contributed by atoms with Crippen molar-refractivity contribution in [3.63, 3.8) is 0 Å². The Morgan fingerprint density at radius 2 is 1.79 bits per heavy atom. The average Bonchev–Trinajstić information content (AvgIpc) is 2.67. The van der Waals surface area contributed by atoms with E-state index in [0.717, 1.165) is 27.5 Å². The SMILES string of the molecule is COC(=O)C(C)(C)O/N=C/c1cc(-n2c(=O)n(C)c(=S)n(C)c2=O)c(F)cc1Cl. The van der Waals surface area contributed by atoms with Gasteiger partial charge in [0, 0.05) is 19.7 Å². The second kappa shape index (κ2) is 8.29. The van der Waals surface area contributed by atoms with E-state index >= 15 is 0 Å². The summed E-state index contributed by atoms with van der Waals surface area (Å²) in [6, 6.07) is 2.08. The van der Waals surface area contributed by atoms with Gasteiger partial charge < -0.3 is 9.57 Å². The first kappa shape index (κ1) is 22.5. The van der Waals surface area contributed by atoms with Gasteiger partial charge in [0.25, 0.3) is 0 Å². The molecule has 0 N–H and O–H groups in total. The Bertz CT molecular complexity index is 1140. The highest BCUT2D eigenvalue weighted by Crippen LogP contribution is 2.21. The van der Waals surface area contributed by atoms with Gasteiger partial charge in [0.2, 0.25) is 5.60 Å². The van der Waals surface area contributed by atoms with Gasteiger partial charge in [0.15, 0.2) is 4.77 Å². The van der Waals surface area contributed by atoms with Crippen LogP contribution in [-0.4, -0.2) is 38.6 Å². The molecule has 156 valence electrons. The third-order valence-electron chi connectivity index (χ3n) is 3.99. The molecule has 2 rings (SSSR count). The number of hydrogen-bond acceptors (Lipinski definition) is 7. The van der Waals surface area contributed by atoms with Gasteiger partial charge in [-0.3, -0.25) is 9.13 Å². The van der Waals surface area contributed by atoms with E-state index in [1.807, 2.05) is 0 Å². The van der Waals surface area contributed by atoms with Crippen LogP contribution in [0.15, 0.2) is 26.9 Å². The van der Waals surface area contributed by atoms with Crippen LogP contribution in [0.4, 0.5) is 4.39 Å². The maximum atomic E-state index is 14.5. The molecule has 0 saturated heterocycles. The Labute approximate surface area is 174 Å². The Hall–Kier alpha value is -2.79. The lowest BCUT2D eigenvalue weighted by Crippen LogP contribution is -2.43. The number of aromatic nitrogens is 3. The van der Waals surface area contributed by atoms with E-state index in [1.54, 1.807) is 0 Å². The fraction of sp³-hybridized carbons (Fsp3) is 0.353. The predicted octanol–water partition coefficient (Wildman–Crippen LogP) is 1.70. The van der Waals surface area contributed by atoms with Crippen LogP contribution in [0.5, 0.6) is 0 Å². The lowest BCUT2D eigenvalue weighted by atomic mass is 10.1. The smallest absolute Gasteiger partial charge is 0.352 e. The summed E-state index contributed by atoms with van der Waals surface area (Å²) in [5, 5.41) is 3.62. The molecule has 0 spiro atoms. The molecule has 0 aliphatic heterocycles. The fourth-order valence-corrected chi connectivity index (χ4v) is 2.65. The Kier molecular flexibility index (Phi) is 6.43. The molecule has 0 bridgehead atoms. The number of nitrogens with zero attached hydrogens (tertiary/aromatic N) is 4. The first-order valence-corrected chi connectivity index (χ1v) is 8.89. The summed E-state index contributed by atoms with van der Waals surface area (Å²) >= 11 is 11.0. The molecule has 0 atom stereocenters. The van der Waals surface area contributed by atoms with Gasteiger partial charge in [-0.2, -0.15) is 0 Å². The maximum absolute atomic E-state index is 14.5. The molecular formula is C17H18ClFN4O5S. The highest BCUT2D eigenvalue weighted by Gasteiger charge is 2.31. The number of hydrogen-bond donors (Lipinski definition) is 0. The van der Waals surface area contributed by atoms with Gasteiger partial charge in [-0.25, -0.2) is 23.3 Å². The van der Waals surface area contributed by atoms with Crippen molar-refractivity contribution in [2.75, 3.05) is 7.11 Å². The zero-order chi connectivity index (χ0) is 22.1. The number of benzene rings is 1. The van der Waals surface area contributed by atoms with Crippen LogP contribution < -0.4 is 11.4 Å². The molecule has 0 unspecified atom stereocenters. The Morgan fingerprint density at radius 1 is 1.24 bits per heavy atom. The van der Waals surface area contributed by atoms with Crippen LogP contribution in [0.1, 0.15) is 19.4 Å². The van der Waals surface area contributed by atoms with Crippen molar-refractivity contribution < 1.29 is 18.8 Å². The molecule has 0 aliphatic carbocycles. The van der Waals surface area contributed by atoms with Crippen LogP contribution in [-0.2, 0) is 28.5 Å². The van der Waals surface area contributed by atoms with Crippen LogP contribution in [0.2, 0.25) is 5.02 Å². The molecule has 0 amide bonds. The molecule has 1 heterocycles. The van der Waals surface area contributed by atoms with Crippen LogP contribution in [0, 0.1) is 10.6 Å². The van der Waals surface area contributed by atoms with Crippen molar-refractivity contribution in [1.29, 1.82) is 0 Å². The standard InChI is InChI=1S/C17H18ClFN4O5S/c1-17(2,13(24)27-5)28-20-8-9-6-12(11(19)7-10(9)18)23-14(25)21(3)16(29)22(4)15(23)26/h6-8H,1-5H3/b20-8+. The zero-order valence-electron chi connectivity index (χ0n) is 16.2. The molecule has 12 heteroatoms. The zero-order valence-corrected chi connectivity index (χ0v) is 17.8. The first-order valence-electron chi connectivity index (χ1n) is 8.10. The third kappa shape index (κ3) is 4.30. The van der Waals surface area contributed by atoms with Gasteiger partial charge >= 0.3 is 17.3 Å². The van der Waals surface area contributed by atoms with Crippen LogP contribution in [0.3, 0.4) is 0 Å². The quantitative estimate of drug-likeness (QED) is 0.301. The fourth-order valence-electron chi connectivity index (χ4n) is 2.30. The van der Waals surface area contributed by atoms with Crippen molar-refractivity contribution >= 4 is 36.0 Å². The summed E-state index contributed by atoms with van der Waals surface area (Å²) in [5.41, 5.74) is -3.24. The molecular weight excluding hydrogens is 427 g/mol. The van der Waals surface area contributed by atoms with Crippen molar-refractivity contribution in [3.8, 4) is 5.69 Å². The number of oxime groups is 1. The Balaban J connectivity index is 2.59. The number of carbonyl (C=O) groups is 1. The summed E-state index contributed by atoms with van der Waals surface area (Å²) in [6.07, 6.45) is 1.12. The van der Waals surface area contributed by atoms with E-state index in [4.69, 9.17) is 28.7 Å². The van der Waals surface area contributed by atoms with Crippen molar-refractivity contribution in [2.45, 2.75) is 19.4 Å². The van der Waals surface area contributed by atoms with E-state index in [9.17, 15) is 18.8 Å². The monoisotopic (exact) mass is 444 g/mol. The summed E-state index contributed by atoms with van der Waals surface area (Å²) in [4.78, 5) is 41.7. The highest BCUT2D eigenvalue weighted by molar-refractivity contribution is 7.71. The second-order valence-corrected chi connectivity index (χ2v) is 7.23. The number of rotatable bonds is 5. The number of ether oxygens (including phenoxy) is 1. The Morgan fingerprint density at radius 3 is 2.31 bits per heavy atom. The number of halogens is 2. The normalized spacial score (nSPS) is 11.7. The molecule has 0 fully saturated rings. The lowest BCUT2D eigenvalue weighted by Gasteiger charge is -2.18. The number of carbonyl (C=O) groups excluding carboxylic acids is 1. The molecule has 9 nitrogen and oxygen atoms in total. The van der Waals surface area contributed by atoms with E-state index < -0.39 is 28.8 Å². The van der Waals surface area contributed by atoms with Crippen LogP contribution >= 0.6 is 23.8 Å². The number of esters is 1. The maximum Gasteiger partial charge on any atom is 0.352 e. The summed E-state index contributed by atoms with van der Waals surface area (Å²) in [7, 11) is 3.92. The minimum absolute atomic E-state index is 0.0224. The summed E-state index contributed by atoms with van der Waals surface area (Å²) in [5.74, 6) is -1.56. The third-order valence-corrected chi connectivity index (χ3v) is 4.86. The van der Waals surface area contributed by atoms with Gasteiger partial charge in [0.05, 0.1) is 24.0 Å². The van der Waals surface area contributed by atoms with Gasteiger partial charge in [-0.1, -0.05) is 16.8 Å². The summed E-state index contributed by atoms with van der Waals surface area (Å²) in [6.45, 7) is 2.88. The van der Waals surface area contributed by atoms with E-state index in [2.05, 4.69) is 9.89 Å². The highest BCUT2D eigenvalue weighted by atomic mass is 35.5. The molecule has 29 heavy (non-hydrogen) atoms. The molecule has 1 aromatic carbocycles. The first-order chi connectivity index (χ1) is 13.4. The van der Waals surface area contributed by atoms with Gasteiger partial charge in [0.1, 0.15) is 5.82 Å².